The molecule has 112 valence electrons. The van der Waals surface area contributed by atoms with Gasteiger partial charge in [-0.15, -0.1) is 0 Å². The van der Waals surface area contributed by atoms with Crippen molar-refractivity contribution in [1.29, 1.82) is 0 Å². The van der Waals surface area contributed by atoms with Gasteiger partial charge in [0.25, 0.3) is 20.2 Å². The Balaban J connectivity index is 4.19. The van der Waals surface area contributed by atoms with Crippen LogP contribution in [0.15, 0.2) is 0 Å². The van der Waals surface area contributed by atoms with Crippen LogP contribution in [0.2, 0.25) is 0 Å². The van der Waals surface area contributed by atoms with Crippen molar-refractivity contribution in [2.75, 3.05) is 11.8 Å². The van der Waals surface area contributed by atoms with E-state index in [1.54, 1.807) is 10.6 Å². The highest BCUT2D eigenvalue weighted by atomic mass is 32.2. The van der Waals surface area contributed by atoms with Crippen LogP contribution in [0.4, 0.5) is 0 Å². The molecule has 0 rings (SSSR count). The maximum Gasteiger partial charge on any atom is 0.283 e. The molecule has 0 saturated heterocycles. The fourth-order valence-corrected chi connectivity index (χ4v) is 1.50. The molecule has 13 heteroatoms. The van der Waals surface area contributed by atoms with Gasteiger partial charge in [0.1, 0.15) is 11.8 Å². The number of hydrogen-bond acceptors (Lipinski definition) is 7. The van der Waals surface area contributed by atoms with Crippen LogP contribution in [0.5, 0.6) is 0 Å². The first-order valence-electron chi connectivity index (χ1n) is 4.61. The second kappa shape index (κ2) is 6.76. The Bertz CT molecular complexity index is 539. The summed E-state index contributed by atoms with van der Waals surface area (Å²) in [7, 11) is -8.80. The summed E-state index contributed by atoms with van der Waals surface area (Å²) in [4.78, 5) is 22.3. The molecule has 6 N–H and O–H groups in total. The predicted molar refractivity (Wildman–Crippen MR) is 61.7 cm³/mol. The van der Waals surface area contributed by atoms with Crippen molar-refractivity contribution in [3.05, 3.63) is 0 Å². The van der Waals surface area contributed by atoms with Gasteiger partial charge in [-0.2, -0.15) is 16.8 Å². The van der Waals surface area contributed by atoms with Gasteiger partial charge in [0, 0.05) is 0 Å². The van der Waals surface area contributed by atoms with Crippen molar-refractivity contribution in [3.63, 3.8) is 0 Å². The summed E-state index contributed by atoms with van der Waals surface area (Å²) in [5.41, 5.74) is 5.23. The van der Waals surface area contributed by atoms with Crippen molar-refractivity contribution in [1.82, 2.24) is 10.6 Å². The molecular formula is C6H13N3O8S2. The molecule has 0 aromatic heterocycles. The van der Waals surface area contributed by atoms with Gasteiger partial charge in [-0.1, -0.05) is 0 Å². The molecule has 19 heavy (non-hydrogen) atoms. The summed E-state index contributed by atoms with van der Waals surface area (Å²) in [5, 5.41) is 3.53. The monoisotopic (exact) mass is 319 g/mol. The van der Waals surface area contributed by atoms with Gasteiger partial charge >= 0.3 is 0 Å². The lowest BCUT2D eigenvalue weighted by Gasteiger charge is -2.11. The van der Waals surface area contributed by atoms with Gasteiger partial charge in [0.05, 0.1) is 12.5 Å². The van der Waals surface area contributed by atoms with Crippen LogP contribution in [-0.2, 0) is 29.8 Å². The van der Waals surface area contributed by atoms with Gasteiger partial charge < -0.3 is 16.4 Å². The summed E-state index contributed by atoms with van der Waals surface area (Å²) in [6.45, 7) is 0. The van der Waals surface area contributed by atoms with Crippen LogP contribution in [0.3, 0.4) is 0 Å². The Morgan fingerprint density at radius 2 is 1.42 bits per heavy atom. The molecule has 0 aliphatic heterocycles. The van der Waals surface area contributed by atoms with Crippen LogP contribution in [-0.4, -0.2) is 55.6 Å². The summed E-state index contributed by atoms with van der Waals surface area (Å²) in [6.07, 6.45) is -0.632. The average molecular weight is 319 g/mol. The third-order valence-electron chi connectivity index (χ3n) is 1.62. The van der Waals surface area contributed by atoms with E-state index < -0.39 is 56.3 Å². The molecule has 0 aliphatic carbocycles. The molecule has 0 fully saturated rings. The summed E-state index contributed by atoms with van der Waals surface area (Å²) in [6, 6.07) is -1.44. The number of amides is 2. The van der Waals surface area contributed by atoms with Crippen molar-refractivity contribution < 1.29 is 35.5 Å². The second-order valence-corrected chi connectivity index (χ2v) is 6.31. The first kappa shape index (κ1) is 17.7. The van der Waals surface area contributed by atoms with Crippen molar-refractivity contribution >= 4 is 32.1 Å². The average Bonchev–Trinajstić information content (AvgIpc) is 2.21. The minimum atomic E-state index is -4.41. The van der Waals surface area contributed by atoms with E-state index in [9.17, 15) is 26.4 Å². The number of nitrogens with two attached hydrogens (primary N) is 1. The molecule has 0 aromatic rings. The maximum atomic E-state index is 11.2. The zero-order valence-electron chi connectivity index (χ0n) is 9.44. The quantitative estimate of drug-likeness (QED) is 0.298. The largest absolute Gasteiger partial charge is 0.340 e. The van der Waals surface area contributed by atoms with Gasteiger partial charge in [-0.25, -0.2) is 0 Å². The summed E-state index contributed by atoms with van der Waals surface area (Å²) >= 11 is 0. The highest BCUT2D eigenvalue weighted by molar-refractivity contribution is 7.86. The molecule has 0 heterocycles. The van der Waals surface area contributed by atoms with Gasteiger partial charge in [-0.3, -0.25) is 18.7 Å². The van der Waals surface area contributed by atoms with E-state index in [4.69, 9.17) is 14.8 Å². The molecule has 2 amide bonds. The zero-order valence-corrected chi connectivity index (χ0v) is 11.1. The molecule has 0 saturated carbocycles. The van der Waals surface area contributed by atoms with Crippen LogP contribution < -0.4 is 16.4 Å². The third kappa shape index (κ3) is 10.3. The number of hydrogen-bond donors (Lipinski definition) is 5. The Hall–Kier alpha value is -1.28. The lowest BCUT2D eigenvalue weighted by Crippen LogP contribution is -2.45. The molecule has 0 bridgehead atoms. The minimum absolute atomic E-state index is 0.632. The molecule has 0 spiro atoms. The van der Waals surface area contributed by atoms with E-state index in [0.717, 1.165) is 0 Å². The molecule has 11 nitrogen and oxygen atoms in total. The second-order valence-electron chi connectivity index (χ2n) is 3.40. The van der Waals surface area contributed by atoms with Crippen molar-refractivity contribution in [2.45, 2.75) is 12.5 Å². The molecule has 0 aliphatic rings. The third-order valence-corrected chi connectivity index (χ3v) is 2.64. The van der Waals surface area contributed by atoms with Crippen molar-refractivity contribution in [3.8, 4) is 0 Å². The molecular weight excluding hydrogens is 306 g/mol. The van der Waals surface area contributed by atoms with E-state index in [1.807, 2.05) is 0 Å². The fourth-order valence-electron chi connectivity index (χ4n) is 0.830. The van der Waals surface area contributed by atoms with E-state index in [1.165, 1.54) is 0 Å². The number of carbonyl (C=O) groups excluding carboxylic acids is 2. The van der Waals surface area contributed by atoms with Crippen molar-refractivity contribution in [2.24, 2.45) is 5.73 Å². The first-order chi connectivity index (χ1) is 8.41. The molecule has 0 aromatic carbocycles. The number of nitrogens with one attached hydrogen (secondary N) is 2. The summed E-state index contributed by atoms with van der Waals surface area (Å²) in [5.74, 6) is -4.07. The highest BCUT2D eigenvalue weighted by Crippen LogP contribution is 1.90. The normalized spacial score (nSPS) is 13.6. The van der Waals surface area contributed by atoms with Crippen LogP contribution in [0.1, 0.15) is 6.42 Å². The first-order valence-corrected chi connectivity index (χ1v) is 7.83. The van der Waals surface area contributed by atoms with E-state index in [-0.39, 0.29) is 0 Å². The maximum absolute atomic E-state index is 11.2. The number of carbonyl (C=O) groups is 2. The SMILES string of the molecule is N[C@H](CC(=O)NCS(=O)(=O)O)C(=O)NCS(=O)(=O)O. The summed E-state index contributed by atoms with van der Waals surface area (Å²) < 4.78 is 57.9. The Labute approximate surface area is 109 Å². The predicted octanol–water partition coefficient (Wildman–Crippen LogP) is -3.37. The standard InChI is InChI=1S/C6H13N3O8S2/c7-4(6(11)9-3-19(15,16)17)1-5(10)8-2-18(12,13)14/h4H,1-3,7H2,(H,8,10)(H,9,11)(H,12,13,14)(H,15,16,17)/t4-/m1/s1. The smallest absolute Gasteiger partial charge is 0.283 e. The van der Waals surface area contributed by atoms with Gasteiger partial charge in [0.15, 0.2) is 0 Å². The van der Waals surface area contributed by atoms with Crippen LogP contribution in [0, 0.1) is 0 Å². The minimum Gasteiger partial charge on any atom is -0.340 e. The van der Waals surface area contributed by atoms with Crippen LogP contribution in [0.25, 0.3) is 0 Å². The Morgan fingerprint density at radius 3 is 1.84 bits per heavy atom. The van der Waals surface area contributed by atoms with Crippen LogP contribution >= 0.6 is 0 Å². The van der Waals surface area contributed by atoms with Gasteiger partial charge in [0.2, 0.25) is 11.8 Å². The molecule has 0 unspecified atom stereocenters. The lowest BCUT2D eigenvalue weighted by atomic mass is 10.2. The number of rotatable bonds is 7. The Morgan fingerprint density at radius 1 is 1.00 bits per heavy atom. The molecule has 1 atom stereocenters. The molecule has 0 radical (unpaired) electrons. The van der Waals surface area contributed by atoms with Gasteiger partial charge in [-0.05, 0) is 0 Å². The van der Waals surface area contributed by atoms with E-state index in [2.05, 4.69) is 0 Å². The Kier molecular flexibility index (Phi) is 6.31. The fraction of sp³-hybridized carbons (Fsp3) is 0.667. The lowest BCUT2D eigenvalue weighted by molar-refractivity contribution is -0.127. The van der Waals surface area contributed by atoms with E-state index in [0.29, 0.717) is 0 Å². The van der Waals surface area contributed by atoms with E-state index >= 15 is 0 Å². The zero-order chi connectivity index (χ0) is 15.3. The highest BCUT2D eigenvalue weighted by Gasteiger charge is 2.19. The topological polar surface area (TPSA) is 193 Å².